The van der Waals surface area contributed by atoms with E-state index in [1.165, 1.54) is 6.20 Å². The van der Waals surface area contributed by atoms with Crippen molar-refractivity contribution in [1.29, 1.82) is 5.26 Å². The van der Waals surface area contributed by atoms with E-state index in [9.17, 15) is 0 Å². The number of nitriles is 1. The highest BCUT2D eigenvalue weighted by Crippen LogP contribution is 2.13. The van der Waals surface area contributed by atoms with Gasteiger partial charge in [0.1, 0.15) is 12.2 Å². The monoisotopic (exact) mass is 204 g/mol. The number of nitrogens with zero attached hydrogens (tertiary/aromatic N) is 2. The van der Waals surface area contributed by atoms with Crippen LogP contribution in [0.1, 0.15) is 38.7 Å². The molecule has 0 amide bonds. The first-order valence-electron chi connectivity index (χ1n) is 5.33. The second kappa shape index (κ2) is 6.02. The maximum Gasteiger partial charge on any atom is 0.213 e. The van der Waals surface area contributed by atoms with Crippen molar-refractivity contribution >= 4 is 0 Å². The molecule has 1 aromatic heterocycles. The quantitative estimate of drug-likeness (QED) is 0.740. The van der Waals surface area contributed by atoms with Crippen molar-refractivity contribution in [2.75, 3.05) is 0 Å². The van der Waals surface area contributed by atoms with Gasteiger partial charge in [0.2, 0.25) is 5.88 Å². The number of pyridine rings is 1. The minimum atomic E-state index is 0.232. The molecule has 1 aromatic rings. The molecule has 0 saturated heterocycles. The van der Waals surface area contributed by atoms with Crippen LogP contribution in [0.4, 0.5) is 0 Å². The third-order valence-corrected chi connectivity index (χ3v) is 2.22. The molecule has 0 aliphatic heterocycles. The van der Waals surface area contributed by atoms with E-state index in [2.05, 4.69) is 18.8 Å². The molecule has 0 bridgehead atoms. The summed E-state index contributed by atoms with van der Waals surface area (Å²) in [6, 6.07) is 5.50. The fourth-order valence-electron chi connectivity index (χ4n) is 1.36. The Bertz CT molecular complexity index is 326. The van der Waals surface area contributed by atoms with Crippen LogP contribution in [0, 0.1) is 11.3 Å². The van der Waals surface area contributed by atoms with Crippen molar-refractivity contribution in [3.05, 3.63) is 23.9 Å². The van der Waals surface area contributed by atoms with Gasteiger partial charge in [0.15, 0.2) is 0 Å². The minimum absolute atomic E-state index is 0.232. The van der Waals surface area contributed by atoms with Crippen molar-refractivity contribution < 1.29 is 4.74 Å². The van der Waals surface area contributed by atoms with Crippen LogP contribution >= 0.6 is 0 Å². The molecule has 0 spiro atoms. The molecule has 0 fully saturated rings. The topological polar surface area (TPSA) is 45.9 Å². The lowest BCUT2D eigenvalue weighted by Gasteiger charge is -2.15. The summed E-state index contributed by atoms with van der Waals surface area (Å²) in [5.74, 6) is 0.606. The molecule has 3 nitrogen and oxygen atoms in total. The molecule has 80 valence electrons. The molecule has 1 heterocycles. The first kappa shape index (κ1) is 11.5. The molecule has 0 radical (unpaired) electrons. The normalized spacial score (nSPS) is 11.8. The highest BCUT2D eigenvalue weighted by molar-refractivity contribution is 5.28. The smallest absolute Gasteiger partial charge is 0.213 e. The van der Waals surface area contributed by atoms with Gasteiger partial charge in [0.05, 0.1) is 5.56 Å². The van der Waals surface area contributed by atoms with Crippen molar-refractivity contribution in [2.24, 2.45) is 0 Å². The summed E-state index contributed by atoms with van der Waals surface area (Å²) < 4.78 is 5.68. The molecule has 15 heavy (non-hydrogen) atoms. The van der Waals surface area contributed by atoms with E-state index >= 15 is 0 Å². The Balaban J connectivity index is 2.59. The SMILES string of the molecule is CCCC(CC)Oc1ccc(C#N)cn1. The van der Waals surface area contributed by atoms with Crippen molar-refractivity contribution in [3.63, 3.8) is 0 Å². The Labute approximate surface area is 90.7 Å². The van der Waals surface area contributed by atoms with Crippen LogP contribution in [-0.4, -0.2) is 11.1 Å². The zero-order chi connectivity index (χ0) is 11.1. The summed E-state index contributed by atoms with van der Waals surface area (Å²) in [4.78, 5) is 4.07. The van der Waals surface area contributed by atoms with E-state index < -0.39 is 0 Å². The van der Waals surface area contributed by atoms with Gasteiger partial charge in [-0.1, -0.05) is 20.3 Å². The molecule has 0 aromatic carbocycles. The number of rotatable bonds is 5. The van der Waals surface area contributed by atoms with E-state index in [1.54, 1.807) is 12.1 Å². The Morgan fingerprint density at radius 1 is 1.47 bits per heavy atom. The van der Waals surface area contributed by atoms with Crippen molar-refractivity contribution in [1.82, 2.24) is 4.98 Å². The predicted octanol–water partition coefficient (Wildman–Crippen LogP) is 2.91. The van der Waals surface area contributed by atoms with Crippen molar-refractivity contribution in [2.45, 2.75) is 39.2 Å². The first-order chi connectivity index (χ1) is 7.30. The van der Waals surface area contributed by atoms with E-state index in [4.69, 9.17) is 10.00 Å². The van der Waals surface area contributed by atoms with Gasteiger partial charge < -0.3 is 4.74 Å². The number of hydrogen-bond donors (Lipinski definition) is 0. The average molecular weight is 204 g/mol. The third kappa shape index (κ3) is 3.59. The van der Waals surface area contributed by atoms with Crippen LogP contribution in [0.5, 0.6) is 5.88 Å². The number of hydrogen-bond acceptors (Lipinski definition) is 3. The zero-order valence-electron chi connectivity index (χ0n) is 9.23. The Hall–Kier alpha value is -1.56. The lowest BCUT2D eigenvalue weighted by molar-refractivity contribution is 0.178. The fourth-order valence-corrected chi connectivity index (χ4v) is 1.36. The lowest BCUT2D eigenvalue weighted by atomic mass is 10.2. The van der Waals surface area contributed by atoms with E-state index in [0.29, 0.717) is 11.4 Å². The molecule has 0 aliphatic carbocycles. The van der Waals surface area contributed by atoms with Crippen LogP contribution in [0.2, 0.25) is 0 Å². The second-order valence-electron chi connectivity index (χ2n) is 3.43. The van der Waals surface area contributed by atoms with Crippen molar-refractivity contribution in [3.8, 4) is 11.9 Å². The van der Waals surface area contributed by atoms with Crippen LogP contribution in [0.3, 0.4) is 0 Å². The predicted molar refractivity (Wildman–Crippen MR) is 58.6 cm³/mol. The van der Waals surface area contributed by atoms with Crippen LogP contribution < -0.4 is 4.74 Å². The molecule has 1 atom stereocenters. The van der Waals surface area contributed by atoms with E-state index in [-0.39, 0.29) is 6.10 Å². The maximum absolute atomic E-state index is 8.61. The number of aromatic nitrogens is 1. The summed E-state index contributed by atoms with van der Waals surface area (Å²) in [5.41, 5.74) is 0.561. The summed E-state index contributed by atoms with van der Waals surface area (Å²) in [7, 11) is 0. The van der Waals surface area contributed by atoms with Gasteiger partial charge in [-0.3, -0.25) is 0 Å². The zero-order valence-corrected chi connectivity index (χ0v) is 9.23. The van der Waals surface area contributed by atoms with Gasteiger partial charge in [-0.2, -0.15) is 5.26 Å². The highest BCUT2D eigenvalue weighted by Gasteiger charge is 2.07. The van der Waals surface area contributed by atoms with Gasteiger partial charge in [0.25, 0.3) is 0 Å². The van der Waals surface area contributed by atoms with E-state index in [1.807, 2.05) is 6.07 Å². The van der Waals surface area contributed by atoms with Gasteiger partial charge in [-0.05, 0) is 18.9 Å². The minimum Gasteiger partial charge on any atom is -0.474 e. The van der Waals surface area contributed by atoms with Crippen LogP contribution in [0.15, 0.2) is 18.3 Å². The fraction of sp³-hybridized carbons (Fsp3) is 0.500. The molecule has 0 N–H and O–H groups in total. The average Bonchev–Trinajstić information content (AvgIpc) is 2.29. The molecular formula is C12H16N2O. The van der Waals surface area contributed by atoms with Gasteiger partial charge in [-0.15, -0.1) is 0 Å². The van der Waals surface area contributed by atoms with E-state index in [0.717, 1.165) is 19.3 Å². The summed E-state index contributed by atoms with van der Waals surface area (Å²) in [6.45, 7) is 4.24. The summed E-state index contributed by atoms with van der Waals surface area (Å²) in [5, 5.41) is 8.61. The van der Waals surface area contributed by atoms with Crippen LogP contribution in [0.25, 0.3) is 0 Å². The van der Waals surface area contributed by atoms with Gasteiger partial charge in [0, 0.05) is 12.3 Å². The first-order valence-corrected chi connectivity index (χ1v) is 5.33. The summed E-state index contributed by atoms with van der Waals surface area (Å²) in [6.07, 6.45) is 4.90. The Morgan fingerprint density at radius 2 is 2.27 bits per heavy atom. The second-order valence-corrected chi connectivity index (χ2v) is 3.43. The Morgan fingerprint density at radius 3 is 2.73 bits per heavy atom. The standard InChI is InChI=1S/C12H16N2O/c1-3-5-11(4-2)15-12-7-6-10(8-13)9-14-12/h6-7,9,11H,3-5H2,1-2H3. The molecule has 3 heteroatoms. The largest absolute Gasteiger partial charge is 0.474 e. The maximum atomic E-state index is 8.61. The third-order valence-electron chi connectivity index (χ3n) is 2.22. The Kier molecular flexibility index (Phi) is 4.62. The molecule has 0 aliphatic rings. The van der Waals surface area contributed by atoms with Crippen LogP contribution in [-0.2, 0) is 0 Å². The molecule has 1 unspecified atom stereocenters. The molecule has 1 rings (SSSR count). The number of ether oxygens (including phenoxy) is 1. The lowest BCUT2D eigenvalue weighted by Crippen LogP contribution is -2.15. The van der Waals surface area contributed by atoms with Gasteiger partial charge in [-0.25, -0.2) is 4.98 Å². The molecule has 0 saturated carbocycles. The summed E-state index contributed by atoms with van der Waals surface area (Å²) >= 11 is 0. The highest BCUT2D eigenvalue weighted by atomic mass is 16.5. The molecular weight excluding hydrogens is 188 g/mol. The van der Waals surface area contributed by atoms with Gasteiger partial charge >= 0.3 is 0 Å².